The van der Waals surface area contributed by atoms with Gasteiger partial charge in [0.15, 0.2) is 0 Å². The average Bonchev–Trinajstić information content (AvgIpc) is 2.98. The third-order valence-electron chi connectivity index (χ3n) is 3.69. The molecular formula is C13H23N5O. The van der Waals surface area contributed by atoms with Crippen LogP contribution in [0.15, 0.2) is 12.3 Å². The van der Waals surface area contributed by atoms with E-state index in [-0.39, 0.29) is 5.91 Å². The van der Waals surface area contributed by atoms with Crippen molar-refractivity contribution in [2.75, 3.05) is 18.8 Å². The molecule has 0 bridgehead atoms. The van der Waals surface area contributed by atoms with E-state index in [0.717, 1.165) is 19.5 Å². The van der Waals surface area contributed by atoms with Crippen LogP contribution in [0.3, 0.4) is 0 Å². The Morgan fingerprint density at radius 3 is 2.79 bits per heavy atom. The predicted octanol–water partition coefficient (Wildman–Crippen LogP) is 0.585. The highest BCUT2D eigenvalue weighted by Gasteiger charge is 2.23. The van der Waals surface area contributed by atoms with E-state index >= 15 is 0 Å². The van der Waals surface area contributed by atoms with E-state index in [2.05, 4.69) is 10.00 Å². The van der Waals surface area contributed by atoms with Gasteiger partial charge in [-0.05, 0) is 25.3 Å². The molecule has 4 N–H and O–H groups in total. The standard InChI is InChI=1S/C13H23N5O/c14-12-6-9-18(16-12)8-3-7-17(10-13(15)19)11-4-1-2-5-11/h6,9,11H,1-5,7-8,10H2,(H2,14,16)(H2,15,19). The van der Waals surface area contributed by atoms with E-state index in [1.54, 1.807) is 6.07 Å². The van der Waals surface area contributed by atoms with Crippen LogP contribution in [-0.4, -0.2) is 39.7 Å². The summed E-state index contributed by atoms with van der Waals surface area (Å²) in [7, 11) is 0. The van der Waals surface area contributed by atoms with Gasteiger partial charge in [0.2, 0.25) is 5.91 Å². The SMILES string of the molecule is NC(=O)CN(CCCn1ccc(N)n1)C1CCCC1. The zero-order valence-electron chi connectivity index (χ0n) is 11.3. The number of amides is 1. The van der Waals surface area contributed by atoms with Crippen LogP contribution in [0.1, 0.15) is 32.1 Å². The monoisotopic (exact) mass is 265 g/mol. The van der Waals surface area contributed by atoms with E-state index in [1.807, 2.05) is 10.9 Å². The Morgan fingerprint density at radius 2 is 2.21 bits per heavy atom. The summed E-state index contributed by atoms with van der Waals surface area (Å²) in [4.78, 5) is 13.4. The van der Waals surface area contributed by atoms with Crippen LogP contribution < -0.4 is 11.5 Å². The molecule has 1 fully saturated rings. The molecular weight excluding hydrogens is 242 g/mol. The third-order valence-corrected chi connectivity index (χ3v) is 3.69. The number of anilines is 1. The molecule has 1 amide bonds. The van der Waals surface area contributed by atoms with Gasteiger partial charge in [0, 0.05) is 25.3 Å². The Kier molecular flexibility index (Phi) is 4.79. The number of rotatable bonds is 7. The number of aryl methyl sites for hydroxylation is 1. The highest BCUT2D eigenvalue weighted by molar-refractivity contribution is 5.75. The van der Waals surface area contributed by atoms with Crippen molar-refractivity contribution < 1.29 is 4.79 Å². The van der Waals surface area contributed by atoms with Crippen molar-refractivity contribution >= 4 is 11.7 Å². The number of primary amides is 1. The maximum atomic E-state index is 11.1. The third kappa shape index (κ3) is 4.24. The number of carbonyl (C=O) groups excluding carboxylic acids is 1. The van der Waals surface area contributed by atoms with Crippen LogP contribution in [0.2, 0.25) is 0 Å². The molecule has 1 aromatic heterocycles. The van der Waals surface area contributed by atoms with Gasteiger partial charge in [-0.15, -0.1) is 0 Å². The summed E-state index contributed by atoms with van der Waals surface area (Å²) in [6, 6.07) is 2.31. The summed E-state index contributed by atoms with van der Waals surface area (Å²) in [5.41, 5.74) is 10.9. The molecule has 0 unspecified atom stereocenters. The molecule has 6 nitrogen and oxygen atoms in total. The maximum Gasteiger partial charge on any atom is 0.231 e. The topological polar surface area (TPSA) is 90.2 Å². The molecule has 1 heterocycles. The van der Waals surface area contributed by atoms with E-state index in [9.17, 15) is 4.79 Å². The zero-order chi connectivity index (χ0) is 13.7. The molecule has 106 valence electrons. The van der Waals surface area contributed by atoms with Gasteiger partial charge in [-0.25, -0.2) is 0 Å². The normalized spacial score (nSPS) is 16.3. The lowest BCUT2D eigenvalue weighted by atomic mass is 10.2. The van der Waals surface area contributed by atoms with Crippen LogP contribution in [0.25, 0.3) is 0 Å². The minimum Gasteiger partial charge on any atom is -0.382 e. The fraction of sp³-hybridized carbons (Fsp3) is 0.692. The molecule has 1 aromatic rings. The van der Waals surface area contributed by atoms with E-state index in [0.29, 0.717) is 18.4 Å². The summed E-state index contributed by atoms with van der Waals surface area (Å²) in [6.45, 7) is 2.07. The zero-order valence-corrected chi connectivity index (χ0v) is 11.3. The van der Waals surface area contributed by atoms with Crippen LogP contribution in [0.5, 0.6) is 0 Å². The molecule has 1 aliphatic carbocycles. The maximum absolute atomic E-state index is 11.1. The van der Waals surface area contributed by atoms with Crippen LogP contribution >= 0.6 is 0 Å². The minimum atomic E-state index is -0.241. The smallest absolute Gasteiger partial charge is 0.231 e. The van der Waals surface area contributed by atoms with Crippen LogP contribution in [0, 0.1) is 0 Å². The second-order valence-corrected chi connectivity index (χ2v) is 5.23. The summed E-state index contributed by atoms with van der Waals surface area (Å²) in [5, 5.41) is 4.15. The lowest BCUT2D eigenvalue weighted by Gasteiger charge is -2.27. The second kappa shape index (κ2) is 6.56. The molecule has 0 radical (unpaired) electrons. The van der Waals surface area contributed by atoms with Crippen molar-refractivity contribution in [2.24, 2.45) is 5.73 Å². The highest BCUT2D eigenvalue weighted by atomic mass is 16.1. The first kappa shape index (κ1) is 13.9. The molecule has 0 aromatic carbocycles. The van der Waals surface area contributed by atoms with Crippen molar-refractivity contribution in [1.82, 2.24) is 14.7 Å². The molecule has 0 saturated heterocycles. The highest BCUT2D eigenvalue weighted by Crippen LogP contribution is 2.23. The quantitative estimate of drug-likeness (QED) is 0.754. The number of nitrogens with zero attached hydrogens (tertiary/aromatic N) is 3. The predicted molar refractivity (Wildman–Crippen MR) is 74.3 cm³/mol. The molecule has 0 aliphatic heterocycles. The van der Waals surface area contributed by atoms with Crippen LogP contribution in [-0.2, 0) is 11.3 Å². The van der Waals surface area contributed by atoms with E-state index in [4.69, 9.17) is 11.5 Å². The molecule has 2 rings (SSSR count). The Balaban J connectivity index is 1.80. The largest absolute Gasteiger partial charge is 0.382 e. The lowest BCUT2D eigenvalue weighted by molar-refractivity contribution is -0.119. The van der Waals surface area contributed by atoms with Gasteiger partial charge >= 0.3 is 0 Å². The lowest BCUT2D eigenvalue weighted by Crippen LogP contribution is -2.40. The summed E-state index contributed by atoms with van der Waals surface area (Å²) in [5.74, 6) is 0.306. The number of carbonyl (C=O) groups is 1. The van der Waals surface area contributed by atoms with Gasteiger partial charge in [0.25, 0.3) is 0 Å². The first-order chi connectivity index (χ1) is 9.15. The Bertz CT molecular complexity index is 411. The van der Waals surface area contributed by atoms with Crippen molar-refractivity contribution in [2.45, 2.75) is 44.7 Å². The van der Waals surface area contributed by atoms with Crippen molar-refractivity contribution in [3.8, 4) is 0 Å². The average molecular weight is 265 g/mol. The Labute approximate surface area is 113 Å². The van der Waals surface area contributed by atoms with Crippen molar-refractivity contribution in [3.63, 3.8) is 0 Å². The summed E-state index contributed by atoms with van der Waals surface area (Å²) >= 11 is 0. The fourth-order valence-electron chi connectivity index (χ4n) is 2.80. The summed E-state index contributed by atoms with van der Waals surface area (Å²) in [6.07, 6.45) is 7.71. The Hall–Kier alpha value is -1.56. The summed E-state index contributed by atoms with van der Waals surface area (Å²) < 4.78 is 1.84. The van der Waals surface area contributed by atoms with E-state index in [1.165, 1.54) is 25.7 Å². The van der Waals surface area contributed by atoms with Gasteiger partial charge in [-0.2, -0.15) is 5.10 Å². The van der Waals surface area contributed by atoms with Gasteiger partial charge in [-0.3, -0.25) is 14.4 Å². The minimum absolute atomic E-state index is 0.241. The number of aromatic nitrogens is 2. The van der Waals surface area contributed by atoms with E-state index < -0.39 is 0 Å². The van der Waals surface area contributed by atoms with Crippen molar-refractivity contribution in [1.29, 1.82) is 0 Å². The fourth-order valence-corrected chi connectivity index (χ4v) is 2.80. The van der Waals surface area contributed by atoms with Gasteiger partial charge < -0.3 is 11.5 Å². The molecule has 19 heavy (non-hydrogen) atoms. The first-order valence-electron chi connectivity index (χ1n) is 6.96. The van der Waals surface area contributed by atoms with Gasteiger partial charge in [0.1, 0.15) is 5.82 Å². The molecule has 0 spiro atoms. The first-order valence-corrected chi connectivity index (χ1v) is 6.96. The Morgan fingerprint density at radius 1 is 1.47 bits per heavy atom. The number of hydrogen-bond donors (Lipinski definition) is 2. The van der Waals surface area contributed by atoms with Crippen molar-refractivity contribution in [3.05, 3.63) is 12.3 Å². The molecule has 6 heteroatoms. The van der Waals surface area contributed by atoms with Gasteiger partial charge in [0.05, 0.1) is 6.54 Å². The molecule has 1 saturated carbocycles. The van der Waals surface area contributed by atoms with Gasteiger partial charge in [-0.1, -0.05) is 12.8 Å². The number of hydrogen-bond acceptors (Lipinski definition) is 4. The molecule has 1 aliphatic rings. The second-order valence-electron chi connectivity index (χ2n) is 5.23. The van der Waals surface area contributed by atoms with Crippen LogP contribution in [0.4, 0.5) is 5.82 Å². The molecule has 0 atom stereocenters. The number of nitrogen functional groups attached to an aromatic ring is 1. The number of nitrogens with two attached hydrogens (primary N) is 2.